The lowest BCUT2D eigenvalue weighted by Gasteiger charge is -2.21. The van der Waals surface area contributed by atoms with Crippen molar-refractivity contribution in [1.29, 1.82) is 0 Å². The molecule has 0 amide bonds. The number of ether oxygens (including phenoxy) is 4. The number of rotatable bonds is 79. The predicted molar refractivity (Wildman–Crippen MR) is 409 cm³/mol. The molecule has 0 spiro atoms. The first-order chi connectivity index (χ1) is 48.3. The Morgan fingerprint density at radius 2 is 0.510 bits per heavy atom. The number of phosphoric acid groups is 2. The molecule has 0 rings (SSSR count). The highest BCUT2D eigenvalue weighted by Crippen LogP contribution is 2.45. The zero-order valence-electron chi connectivity index (χ0n) is 65.7. The second kappa shape index (κ2) is 71.3. The molecule has 3 N–H and O–H groups in total. The van der Waals surface area contributed by atoms with Crippen LogP contribution in [0.25, 0.3) is 0 Å². The lowest BCUT2D eigenvalue weighted by Crippen LogP contribution is -2.30. The highest BCUT2D eigenvalue weighted by Gasteiger charge is 2.30. The second-order valence-corrected chi connectivity index (χ2v) is 33.3. The molecule has 17 nitrogen and oxygen atoms in total. The van der Waals surface area contributed by atoms with Gasteiger partial charge in [-0.05, 0) is 43.4 Å². The number of hydrogen-bond donors (Lipinski definition) is 3. The fourth-order valence-electron chi connectivity index (χ4n) is 12.5. The second-order valence-electron chi connectivity index (χ2n) is 30.4. The summed E-state index contributed by atoms with van der Waals surface area (Å²) >= 11 is 0. The molecular weight excluding hydrogens is 1310 g/mol. The maximum atomic E-state index is 13.1. The van der Waals surface area contributed by atoms with E-state index in [1.807, 2.05) is 0 Å². The van der Waals surface area contributed by atoms with Crippen molar-refractivity contribution in [2.75, 3.05) is 39.6 Å². The van der Waals surface area contributed by atoms with E-state index in [4.69, 9.17) is 37.0 Å². The number of carbonyl (C=O) groups excluding carboxylic acids is 4. The Labute approximate surface area is 613 Å². The minimum Gasteiger partial charge on any atom is -0.462 e. The van der Waals surface area contributed by atoms with Gasteiger partial charge in [-0.15, -0.1) is 0 Å². The average molecular weight is 1470 g/mol. The molecule has 0 saturated carbocycles. The van der Waals surface area contributed by atoms with Crippen LogP contribution in [0.2, 0.25) is 0 Å². The Hall–Kier alpha value is -1.94. The minimum absolute atomic E-state index is 0.105. The fraction of sp³-hybridized carbons (Fsp3) is 0.951. The van der Waals surface area contributed by atoms with Gasteiger partial charge in [0.15, 0.2) is 12.2 Å². The molecule has 0 aliphatic heterocycles. The van der Waals surface area contributed by atoms with Crippen molar-refractivity contribution in [2.45, 2.75) is 439 Å². The molecule has 0 heterocycles. The standard InChI is InChI=1S/C81H158O17P2/c1-8-10-11-12-13-41-48-55-62-78(83)91-68-76(98-81(86)65-58-51-44-37-31-33-39-46-53-60-73(5)6)70-95-99(87,88)93-66-75(82)67-94-100(89,90)96-71-77(69-92-79(84)63-56-49-42-35-29-25-22-18-19-23-27-32-38-45-52-59-72(3)4)97-80(85)64-57-50-43-36-30-26-21-17-15-14-16-20-24-28-34-40-47-54-61-74(7)9-2/h72-77,82H,8-71H2,1-7H3,(H,87,88)(H,89,90)/t74?,75-,76+,77+/m0/s1. The number of carbonyl (C=O) groups is 4. The molecule has 0 bridgehead atoms. The van der Waals surface area contributed by atoms with Crippen molar-refractivity contribution in [2.24, 2.45) is 17.8 Å². The van der Waals surface area contributed by atoms with E-state index in [0.29, 0.717) is 25.7 Å². The van der Waals surface area contributed by atoms with E-state index in [2.05, 4.69) is 48.5 Å². The van der Waals surface area contributed by atoms with Gasteiger partial charge < -0.3 is 33.8 Å². The van der Waals surface area contributed by atoms with E-state index in [0.717, 1.165) is 114 Å². The molecule has 3 unspecified atom stereocenters. The third-order valence-electron chi connectivity index (χ3n) is 19.2. The van der Waals surface area contributed by atoms with Crippen LogP contribution in [0.15, 0.2) is 0 Å². The van der Waals surface area contributed by atoms with Crippen molar-refractivity contribution >= 4 is 39.5 Å². The monoisotopic (exact) mass is 1470 g/mol. The summed E-state index contributed by atoms with van der Waals surface area (Å²) in [6.45, 7) is 12.0. The van der Waals surface area contributed by atoms with Gasteiger partial charge in [-0.1, -0.05) is 370 Å². The molecule has 19 heteroatoms. The summed E-state index contributed by atoms with van der Waals surface area (Å²) in [5.41, 5.74) is 0. The number of aliphatic hydroxyl groups is 1. The third kappa shape index (κ3) is 73.0. The first-order valence-corrected chi connectivity index (χ1v) is 44.9. The first-order valence-electron chi connectivity index (χ1n) is 41.9. The Kier molecular flexibility index (Phi) is 69.9. The summed E-state index contributed by atoms with van der Waals surface area (Å²) in [5, 5.41) is 10.6. The van der Waals surface area contributed by atoms with Gasteiger partial charge in [0, 0.05) is 25.7 Å². The van der Waals surface area contributed by atoms with Crippen molar-refractivity contribution in [3.63, 3.8) is 0 Å². The van der Waals surface area contributed by atoms with Crippen molar-refractivity contribution in [3.8, 4) is 0 Å². The Morgan fingerprint density at radius 3 is 0.760 bits per heavy atom. The maximum Gasteiger partial charge on any atom is 0.472 e. The molecular formula is C81H158O17P2. The Morgan fingerprint density at radius 1 is 0.290 bits per heavy atom. The number of hydrogen-bond acceptors (Lipinski definition) is 15. The van der Waals surface area contributed by atoms with Crippen molar-refractivity contribution in [1.82, 2.24) is 0 Å². The van der Waals surface area contributed by atoms with E-state index in [9.17, 15) is 43.2 Å². The lowest BCUT2D eigenvalue weighted by atomic mass is 9.99. The summed E-state index contributed by atoms with van der Waals surface area (Å²) in [6, 6.07) is 0. The molecule has 0 aromatic rings. The van der Waals surface area contributed by atoms with Crippen molar-refractivity contribution < 1.29 is 80.2 Å². The molecule has 100 heavy (non-hydrogen) atoms. The first kappa shape index (κ1) is 98.1. The van der Waals surface area contributed by atoms with E-state index >= 15 is 0 Å². The molecule has 0 aromatic heterocycles. The maximum absolute atomic E-state index is 13.1. The van der Waals surface area contributed by atoms with Gasteiger partial charge in [0.05, 0.1) is 26.4 Å². The van der Waals surface area contributed by atoms with E-state index < -0.39 is 97.5 Å². The molecule has 0 fully saturated rings. The molecule has 594 valence electrons. The summed E-state index contributed by atoms with van der Waals surface area (Å²) in [7, 11) is -9.91. The van der Waals surface area contributed by atoms with Gasteiger partial charge in [0.2, 0.25) is 0 Å². The number of unbranched alkanes of at least 4 members (excludes halogenated alkanes) is 46. The zero-order chi connectivity index (χ0) is 73.7. The zero-order valence-corrected chi connectivity index (χ0v) is 67.5. The van der Waals surface area contributed by atoms with Crippen LogP contribution < -0.4 is 0 Å². The van der Waals surface area contributed by atoms with Gasteiger partial charge in [-0.3, -0.25) is 37.3 Å². The number of esters is 4. The van der Waals surface area contributed by atoms with E-state index in [-0.39, 0.29) is 25.7 Å². The van der Waals surface area contributed by atoms with Gasteiger partial charge in [0.25, 0.3) is 0 Å². The van der Waals surface area contributed by atoms with Crippen LogP contribution >= 0.6 is 15.6 Å². The summed E-state index contributed by atoms with van der Waals surface area (Å²) < 4.78 is 68.6. The summed E-state index contributed by atoms with van der Waals surface area (Å²) in [6.07, 6.45) is 59.8. The molecule has 6 atom stereocenters. The Balaban J connectivity index is 5.18. The van der Waals surface area contributed by atoms with Crippen LogP contribution in [0.4, 0.5) is 0 Å². The summed E-state index contributed by atoms with van der Waals surface area (Å²) in [5.74, 6) is 0.299. The average Bonchev–Trinajstić information content (AvgIpc) is 0.915. The third-order valence-corrected chi connectivity index (χ3v) is 21.1. The SMILES string of the molecule is CCCCCCCCCCC(=O)OC[C@H](COP(=O)(O)OC[C@H](O)COP(=O)(O)OC[C@@H](COC(=O)CCCCCCCCCCCCCCCCCC(C)C)OC(=O)CCCCCCCCCCCCCCCCCCCCC(C)CC)OC(=O)CCCCCCCCCCCC(C)C. The minimum atomic E-state index is -4.96. The normalized spacial score (nSPS) is 14.2. The smallest absolute Gasteiger partial charge is 0.462 e. The molecule has 0 aromatic carbocycles. The van der Waals surface area contributed by atoms with Gasteiger partial charge in [-0.25, -0.2) is 9.13 Å². The quantitative estimate of drug-likeness (QED) is 0.0222. The molecule has 0 saturated heterocycles. The highest BCUT2D eigenvalue weighted by atomic mass is 31.2. The van der Waals surface area contributed by atoms with Gasteiger partial charge >= 0.3 is 39.5 Å². The van der Waals surface area contributed by atoms with Crippen LogP contribution in [-0.4, -0.2) is 96.7 Å². The molecule has 0 aliphatic rings. The topological polar surface area (TPSA) is 237 Å². The lowest BCUT2D eigenvalue weighted by molar-refractivity contribution is -0.161. The van der Waals surface area contributed by atoms with Crippen LogP contribution in [0.5, 0.6) is 0 Å². The van der Waals surface area contributed by atoms with Gasteiger partial charge in [0.1, 0.15) is 19.3 Å². The van der Waals surface area contributed by atoms with Crippen molar-refractivity contribution in [3.05, 3.63) is 0 Å². The van der Waals surface area contributed by atoms with Crippen LogP contribution in [0, 0.1) is 17.8 Å². The van der Waals surface area contributed by atoms with Crippen LogP contribution in [0.1, 0.15) is 421 Å². The fourth-order valence-corrected chi connectivity index (χ4v) is 14.0. The van der Waals surface area contributed by atoms with Crippen LogP contribution in [-0.2, 0) is 65.4 Å². The number of aliphatic hydroxyl groups excluding tert-OH is 1. The van der Waals surface area contributed by atoms with Crippen LogP contribution in [0.3, 0.4) is 0 Å². The Bertz CT molecular complexity index is 1940. The molecule has 0 radical (unpaired) electrons. The highest BCUT2D eigenvalue weighted by molar-refractivity contribution is 7.47. The largest absolute Gasteiger partial charge is 0.472 e. The van der Waals surface area contributed by atoms with E-state index in [1.165, 1.54) is 225 Å². The summed E-state index contributed by atoms with van der Waals surface area (Å²) in [4.78, 5) is 72.9. The van der Waals surface area contributed by atoms with E-state index in [1.54, 1.807) is 0 Å². The molecule has 0 aliphatic carbocycles. The number of phosphoric ester groups is 2. The van der Waals surface area contributed by atoms with Gasteiger partial charge in [-0.2, -0.15) is 0 Å². The predicted octanol–water partition coefficient (Wildman–Crippen LogP) is 24.1.